The molecule has 0 bridgehead atoms. The Balaban J connectivity index is 1.31. The molecule has 7 aromatic rings. The number of benzene rings is 7. The van der Waals surface area contributed by atoms with Crippen molar-refractivity contribution in [3.05, 3.63) is 131 Å². The molecule has 9 rings (SSSR count). The summed E-state index contributed by atoms with van der Waals surface area (Å²) in [7, 11) is 0. The molecule has 0 fully saturated rings. The lowest BCUT2D eigenvalue weighted by Crippen LogP contribution is -2.15. The van der Waals surface area contributed by atoms with Gasteiger partial charge in [-0.15, -0.1) is 0 Å². The predicted octanol–water partition coefficient (Wildman–Crippen LogP) is 10.9. The van der Waals surface area contributed by atoms with Gasteiger partial charge in [0.15, 0.2) is 0 Å². The first kappa shape index (κ1) is 22.4. The molecule has 7 aromatic carbocycles. The van der Waals surface area contributed by atoms with Crippen molar-refractivity contribution in [3.8, 4) is 22.3 Å². The highest BCUT2D eigenvalue weighted by Crippen LogP contribution is 2.54. The molecule has 0 amide bonds. The third kappa shape index (κ3) is 2.71. The number of hydrogen-bond acceptors (Lipinski definition) is 0. The second kappa shape index (κ2) is 7.20. The van der Waals surface area contributed by atoms with Crippen LogP contribution in [0.5, 0.6) is 0 Å². The van der Waals surface area contributed by atoms with Crippen LogP contribution in [0.3, 0.4) is 0 Å². The van der Waals surface area contributed by atoms with Crippen LogP contribution in [0.4, 0.5) is 0 Å². The van der Waals surface area contributed by atoms with Gasteiger partial charge in [0.25, 0.3) is 0 Å². The van der Waals surface area contributed by atoms with Crippen LogP contribution in [0.2, 0.25) is 0 Å². The van der Waals surface area contributed by atoms with Crippen LogP contribution in [-0.4, -0.2) is 0 Å². The predicted molar refractivity (Wildman–Crippen MR) is 172 cm³/mol. The molecule has 0 spiro atoms. The van der Waals surface area contributed by atoms with Crippen molar-refractivity contribution in [3.63, 3.8) is 0 Å². The Kier molecular flexibility index (Phi) is 4.03. The van der Waals surface area contributed by atoms with Gasteiger partial charge in [-0.05, 0) is 136 Å². The van der Waals surface area contributed by atoms with Crippen LogP contribution in [0.25, 0.3) is 65.3 Å². The van der Waals surface area contributed by atoms with E-state index in [1.54, 1.807) is 0 Å². The molecule has 0 N–H and O–H groups in total. The molecule has 0 aromatic heterocycles. The molecular formula is C40H30. The van der Waals surface area contributed by atoms with E-state index in [9.17, 15) is 0 Å². The fourth-order valence-electron chi connectivity index (χ4n) is 7.89. The van der Waals surface area contributed by atoms with E-state index in [0.29, 0.717) is 0 Å². The Bertz CT molecular complexity index is 2100. The Morgan fingerprint density at radius 1 is 0.325 bits per heavy atom. The van der Waals surface area contributed by atoms with Gasteiger partial charge in [0.05, 0.1) is 0 Å². The summed E-state index contributed by atoms with van der Waals surface area (Å²) in [5.41, 5.74) is 11.2. The molecule has 0 heterocycles. The third-order valence-corrected chi connectivity index (χ3v) is 10.2. The molecular weight excluding hydrogens is 480 g/mol. The fraction of sp³-hybridized carbons (Fsp3) is 0.150. The monoisotopic (exact) mass is 510 g/mol. The summed E-state index contributed by atoms with van der Waals surface area (Å²) in [5, 5.41) is 10.6. The molecule has 0 atom stereocenters. The zero-order chi connectivity index (χ0) is 27.0. The molecule has 190 valence electrons. The van der Waals surface area contributed by atoms with E-state index in [1.165, 1.54) is 87.6 Å². The van der Waals surface area contributed by atoms with Crippen molar-refractivity contribution in [2.75, 3.05) is 0 Å². The van der Waals surface area contributed by atoms with Gasteiger partial charge in [0, 0.05) is 10.8 Å². The SMILES string of the molecule is CC1(C)c2cc3ccccc3cc2-c2cc3ccc4cc5c(cc4c3cc21)C(C)(C)c1cc2ccccc2cc1-5. The number of hydrogen-bond donors (Lipinski definition) is 0. The number of rotatable bonds is 0. The standard InChI is InChI=1S/C40H30/c1-39(2)35-19-25-11-7-5-9-23(25)15-31(35)33-17-27-13-14-28-18-34-32-16-24-10-6-8-12-26(24)20-36(32)40(3,4)38(34)22-30(28)29(27)21-37(33)39/h5-22H,1-4H3. The molecule has 0 saturated heterocycles. The first-order chi connectivity index (χ1) is 19.3. The van der Waals surface area contributed by atoms with Crippen molar-refractivity contribution in [1.29, 1.82) is 0 Å². The second-order valence-electron chi connectivity index (χ2n) is 13.0. The maximum Gasteiger partial charge on any atom is 0.0159 e. The Morgan fingerprint density at radius 3 is 1.00 bits per heavy atom. The van der Waals surface area contributed by atoms with E-state index in [4.69, 9.17) is 0 Å². The summed E-state index contributed by atoms with van der Waals surface area (Å²) in [6.45, 7) is 9.58. The molecule has 2 aliphatic carbocycles. The van der Waals surface area contributed by atoms with Crippen molar-refractivity contribution < 1.29 is 0 Å². The lowest BCUT2D eigenvalue weighted by molar-refractivity contribution is 0.661. The van der Waals surface area contributed by atoms with Gasteiger partial charge in [0.2, 0.25) is 0 Å². The largest absolute Gasteiger partial charge is 0.0616 e. The van der Waals surface area contributed by atoms with E-state index in [2.05, 4.69) is 137 Å². The van der Waals surface area contributed by atoms with Gasteiger partial charge >= 0.3 is 0 Å². The summed E-state index contributed by atoms with van der Waals surface area (Å²) in [5.74, 6) is 0. The molecule has 0 aliphatic heterocycles. The maximum absolute atomic E-state index is 2.51. The first-order valence-corrected chi connectivity index (χ1v) is 14.4. The highest BCUT2D eigenvalue weighted by molar-refractivity contribution is 6.12. The lowest BCUT2D eigenvalue weighted by Gasteiger charge is -2.23. The van der Waals surface area contributed by atoms with Crippen molar-refractivity contribution >= 4 is 43.1 Å². The summed E-state index contributed by atoms with van der Waals surface area (Å²) in [6.07, 6.45) is 0. The summed E-state index contributed by atoms with van der Waals surface area (Å²) in [4.78, 5) is 0. The summed E-state index contributed by atoms with van der Waals surface area (Å²) < 4.78 is 0. The van der Waals surface area contributed by atoms with E-state index >= 15 is 0 Å². The van der Waals surface area contributed by atoms with Crippen molar-refractivity contribution in [2.45, 2.75) is 38.5 Å². The average Bonchev–Trinajstić information content (AvgIpc) is 3.31. The molecule has 0 unspecified atom stereocenters. The van der Waals surface area contributed by atoms with E-state index in [-0.39, 0.29) is 10.8 Å². The molecule has 0 nitrogen and oxygen atoms in total. The maximum atomic E-state index is 2.51. The van der Waals surface area contributed by atoms with Crippen LogP contribution < -0.4 is 0 Å². The van der Waals surface area contributed by atoms with Crippen LogP contribution >= 0.6 is 0 Å². The minimum absolute atomic E-state index is 0.0443. The number of fused-ring (bicyclic) bond motifs is 11. The third-order valence-electron chi connectivity index (χ3n) is 10.2. The van der Waals surface area contributed by atoms with Crippen molar-refractivity contribution in [2.24, 2.45) is 0 Å². The van der Waals surface area contributed by atoms with Crippen LogP contribution in [0.1, 0.15) is 49.9 Å². The quantitative estimate of drug-likeness (QED) is 0.178. The average molecular weight is 511 g/mol. The second-order valence-corrected chi connectivity index (χ2v) is 13.0. The minimum atomic E-state index is -0.0443. The van der Waals surface area contributed by atoms with Crippen LogP contribution in [-0.2, 0) is 10.8 Å². The zero-order valence-corrected chi connectivity index (χ0v) is 23.4. The fourth-order valence-corrected chi connectivity index (χ4v) is 7.89. The van der Waals surface area contributed by atoms with Gasteiger partial charge in [-0.1, -0.05) is 88.4 Å². The van der Waals surface area contributed by atoms with Gasteiger partial charge in [-0.3, -0.25) is 0 Å². The first-order valence-electron chi connectivity index (χ1n) is 14.4. The van der Waals surface area contributed by atoms with Gasteiger partial charge in [-0.25, -0.2) is 0 Å². The molecule has 0 heteroatoms. The Labute approximate surface area is 234 Å². The molecule has 0 radical (unpaired) electrons. The highest BCUT2D eigenvalue weighted by Gasteiger charge is 2.38. The smallest absolute Gasteiger partial charge is 0.0159 e. The topological polar surface area (TPSA) is 0 Å². The van der Waals surface area contributed by atoms with Crippen molar-refractivity contribution in [1.82, 2.24) is 0 Å². The van der Waals surface area contributed by atoms with Crippen LogP contribution in [0.15, 0.2) is 109 Å². The Hall–Kier alpha value is -4.42. The molecule has 0 saturated carbocycles. The summed E-state index contributed by atoms with van der Waals surface area (Å²) >= 11 is 0. The summed E-state index contributed by atoms with van der Waals surface area (Å²) in [6, 6.07) is 41.7. The van der Waals surface area contributed by atoms with E-state index < -0.39 is 0 Å². The Morgan fingerprint density at radius 2 is 0.625 bits per heavy atom. The molecule has 2 aliphatic rings. The zero-order valence-electron chi connectivity index (χ0n) is 23.4. The highest BCUT2D eigenvalue weighted by atomic mass is 14.4. The molecule has 40 heavy (non-hydrogen) atoms. The van der Waals surface area contributed by atoms with Gasteiger partial charge in [-0.2, -0.15) is 0 Å². The van der Waals surface area contributed by atoms with Gasteiger partial charge in [0.1, 0.15) is 0 Å². The minimum Gasteiger partial charge on any atom is -0.0616 e. The normalized spacial score (nSPS) is 15.9. The van der Waals surface area contributed by atoms with Crippen LogP contribution in [0, 0.1) is 0 Å². The van der Waals surface area contributed by atoms with Gasteiger partial charge < -0.3 is 0 Å². The lowest BCUT2D eigenvalue weighted by atomic mass is 9.80. The van der Waals surface area contributed by atoms with E-state index in [1.807, 2.05) is 0 Å². The van der Waals surface area contributed by atoms with E-state index in [0.717, 1.165) is 0 Å².